The van der Waals surface area contributed by atoms with Crippen molar-refractivity contribution in [3.05, 3.63) is 41.5 Å². The van der Waals surface area contributed by atoms with Gasteiger partial charge in [-0.2, -0.15) is 0 Å². The molecule has 28 heavy (non-hydrogen) atoms. The fourth-order valence-corrected chi connectivity index (χ4v) is 3.37. The van der Waals surface area contributed by atoms with Crippen LogP contribution < -0.4 is 5.32 Å². The third-order valence-corrected chi connectivity index (χ3v) is 5.44. The van der Waals surface area contributed by atoms with E-state index in [1.165, 1.54) is 19.6 Å². The van der Waals surface area contributed by atoms with Gasteiger partial charge in [0.25, 0.3) is 5.91 Å². The molecule has 1 aromatic carbocycles. The van der Waals surface area contributed by atoms with Gasteiger partial charge in [0.2, 0.25) is 0 Å². The number of carbonyl (C=O) groups excluding carboxylic acids is 3. The molecule has 1 amide bonds. The van der Waals surface area contributed by atoms with Crippen molar-refractivity contribution >= 4 is 23.9 Å². The highest BCUT2D eigenvalue weighted by molar-refractivity contribution is 5.91. The van der Waals surface area contributed by atoms with E-state index in [9.17, 15) is 14.4 Å². The summed E-state index contributed by atoms with van der Waals surface area (Å²) in [6.07, 6.45) is 5.22. The summed E-state index contributed by atoms with van der Waals surface area (Å²) >= 11 is 0. The molecule has 4 atom stereocenters. The lowest BCUT2D eigenvalue weighted by atomic mass is 9.78. The molecule has 1 N–H and O–H groups in total. The van der Waals surface area contributed by atoms with Gasteiger partial charge in [0.05, 0.1) is 12.7 Å². The Balaban J connectivity index is 1.85. The molecule has 0 saturated heterocycles. The molecule has 6 nitrogen and oxygen atoms in total. The zero-order chi connectivity index (χ0) is 20.7. The fourth-order valence-electron chi connectivity index (χ4n) is 3.37. The molecule has 0 unspecified atom stereocenters. The van der Waals surface area contributed by atoms with E-state index in [2.05, 4.69) is 23.9 Å². The van der Waals surface area contributed by atoms with Crippen LogP contribution in [0, 0.1) is 11.8 Å². The van der Waals surface area contributed by atoms with Crippen LogP contribution in [0.5, 0.6) is 0 Å². The van der Waals surface area contributed by atoms with Gasteiger partial charge in [-0.15, -0.1) is 0 Å². The number of nitrogens with one attached hydrogen (secondary N) is 1. The number of rotatable bonds is 6. The molecule has 0 heterocycles. The molecule has 1 saturated carbocycles. The van der Waals surface area contributed by atoms with Gasteiger partial charge < -0.3 is 14.8 Å². The van der Waals surface area contributed by atoms with Crippen LogP contribution in [-0.4, -0.2) is 37.1 Å². The number of ether oxygens (including phenoxy) is 2. The van der Waals surface area contributed by atoms with Gasteiger partial charge in [0.15, 0.2) is 6.10 Å². The van der Waals surface area contributed by atoms with Crippen LogP contribution in [0.4, 0.5) is 0 Å². The minimum absolute atomic E-state index is 0.126. The van der Waals surface area contributed by atoms with E-state index in [4.69, 9.17) is 4.74 Å². The molecule has 0 aliphatic heterocycles. The molecule has 6 heteroatoms. The highest BCUT2D eigenvalue weighted by atomic mass is 16.5. The van der Waals surface area contributed by atoms with E-state index >= 15 is 0 Å². The predicted octanol–water partition coefficient (Wildman–Crippen LogP) is 3.36. The molecule has 2 rings (SSSR count). The number of methoxy groups -OCH3 is 1. The maximum Gasteiger partial charge on any atom is 0.337 e. The first kappa shape index (κ1) is 21.7. The first-order valence-electron chi connectivity index (χ1n) is 9.69. The van der Waals surface area contributed by atoms with E-state index in [0.717, 1.165) is 18.4 Å². The molecule has 1 fully saturated rings. The Bertz CT molecular complexity index is 725. The van der Waals surface area contributed by atoms with Crippen molar-refractivity contribution in [2.45, 2.75) is 52.2 Å². The Labute approximate surface area is 166 Å². The minimum atomic E-state index is -0.858. The zero-order valence-corrected chi connectivity index (χ0v) is 16.9. The second-order valence-electron chi connectivity index (χ2n) is 7.41. The van der Waals surface area contributed by atoms with Gasteiger partial charge in [0.1, 0.15) is 0 Å². The SMILES string of the molecule is COC(=O)c1ccc(/C=C/C(=O)O[C@H](C)C(=O)N[C@@H]2CCC[C@H](C)[C@H]2C)cc1. The molecule has 0 bridgehead atoms. The van der Waals surface area contributed by atoms with E-state index in [1.54, 1.807) is 37.3 Å². The molecular formula is C22H29NO5. The summed E-state index contributed by atoms with van der Waals surface area (Å²) in [6, 6.07) is 6.73. The average molecular weight is 387 g/mol. The van der Waals surface area contributed by atoms with Crippen LogP contribution in [0.1, 0.15) is 56.0 Å². The number of esters is 2. The highest BCUT2D eigenvalue weighted by Crippen LogP contribution is 2.29. The Morgan fingerprint density at radius 1 is 1.14 bits per heavy atom. The molecule has 1 aliphatic rings. The summed E-state index contributed by atoms with van der Waals surface area (Å²) in [4.78, 5) is 35.7. The molecule has 1 aromatic rings. The van der Waals surface area contributed by atoms with Crippen LogP contribution in [0.3, 0.4) is 0 Å². The van der Waals surface area contributed by atoms with Crippen molar-refractivity contribution in [3.8, 4) is 0 Å². The first-order chi connectivity index (χ1) is 13.3. The van der Waals surface area contributed by atoms with E-state index in [0.29, 0.717) is 17.4 Å². The topological polar surface area (TPSA) is 81.7 Å². The largest absolute Gasteiger partial charge is 0.465 e. The normalized spacial score (nSPS) is 23.1. The van der Waals surface area contributed by atoms with Crippen molar-refractivity contribution < 1.29 is 23.9 Å². The number of benzene rings is 1. The number of amides is 1. The fraction of sp³-hybridized carbons (Fsp3) is 0.500. The highest BCUT2D eigenvalue weighted by Gasteiger charge is 2.29. The van der Waals surface area contributed by atoms with Crippen molar-refractivity contribution in [1.29, 1.82) is 0 Å². The Morgan fingerprint density at radius 2 is 1.82 bits per heavy atom. The van der Waals surface area contributed by atoms with Gasteiger partial charge in [0, 0.05) is 12.1 Å². The second kappa shape index (κ2) is 10.1. The summed E-state index contributed by atoms with van der Waals surface area (Å²) in [5, 5.41) is 3.02. The lowest BCUT2D eigenvalue weighted by Gasteiger charge is -2.35. The Morgan fingerprint density at radius 3 is 2.46 bits per heavy atom. The molecule has 1 aliphatic carbocycles. The van der Waals surface area contributed by atoms with Crippen LogP contribution in [0.25, 0.3) is 6.08 Å². The number of carbonyl (C=O) groups is 3. The quantitative estimate of drug-likeness (QED) is 0.598. The van der Waals surface area contributed by atoms with Crippen molar-refractivity contribution in [2.75, 3.05) is 7.11 Å². The van der Waals surface area contributed by atoms with Crippen LogP contribution in [0.2, 0.25) is 0 Å². The van der Waals surface area contributed by atoms with Gasteiger partial charge in [-0.25, -0.2) is 9.59 Å². The maximum absolute atomic E-state index is 12.3. The predicted molar refractivity (Wildman–Crippen MR) is 106 cm³/mol. The summed E-state index contributed by atoms with van der Waals surface area (Å²) in [7, 11) is 1.32. The number of hydrogen-bond acceptors (Lipinski definition) is 5. The van der Waals surface area contributed by atoms with Crippen molar-refractivity contribution in [2.24, 2.45) is 11.8 Å². The van der Waals surface area contributed by atoms with Crippen molar-refractivity contribution in [1.82, 2.24) is 5.32 Å². The van der Waals surface area contributed by atoms with Gasteiger partial charge >= 0.3 is 11.9 Å². The molecule has 0 radical (unpaired) electrons. The van der Waals surface area contributed by atoms with Crippen LogP contribution >= 0.6 is 0 Å². The van der Waals surface area contributed by atoms with Crippen molar-refractivity contribution in [3.63, 3.8) is 0 Å². The molecular weight excluding hydrogens is 358 g/mol. The average Bonchev–Trinajstić information content (AvgIpc) is 2.69. The summed E-state index contributed by atoms with van der Waals surface area (Å²) in [6.45, 7) is 5.93. The van der Waals surface area contributed by atoms with Gasteiger partial charge in [-0.1, -0.05) is 38.8 Å². The summed E-state index contributed by atoms with van der Waals surface area (Å²) in [5.74, 6) is -0.296. The van der Waals surface area contributed by atoms with Crippen LogP contribution in [-0.2, 0) is 19.1 Å². The van der Waals surface area contributed by atoms with Crippen LogP contribution in [0.15, 0.2) is 30.3 Å². The summed E-state index contributed by atoms with van der Waals surface area (Å²) in [5.41, 5.74) is 1.16. The standard InChI is InChI=1S/C22H29NO5/c1-14-6-5-7-19(15(14)2)23-21(25)16(3)28-20(24)13-10-17-8-11-18(12-9-17)22(26)27-4/h8-16,19H,5-7H2,1-4H3,(H,23,25)/b13-10+/t14-,15+,16+,19+/m0/s1. The van der Waals surface area contributed by atoms with E-state index < -0.39 is 18.0 Å². The zero-order valence-electron chi connectivity index (χ0n) is 16.9. The first-order valence-corrected chi connectivity index (χ1v) is 9.69. The van der Waals surface area contributed by atoms with E-state index in [1.807, 2.05) is 0 Å². The van der Waals surface area contributed by atoms with E-state index in [-0.39, 0.29) is 11.9 Å². The van der Waals surface area contributed by atoms with Gasteiger partial charge in [-0.05, 0) is 49.0 Å². The third-order valence-electron chi connectivity index (χ3n) is 5.44. The number of hydrogen-bond donors (Lipinski definition) is 1. The third kappa shape index (κ3) is 5.94. The summed E-state index contributed by atoms with van der Waals surface area (Å²) < 4.78 is 9.84. The smallest absolute Gasteiger partial charge is 0.337 e. The Kier molecular flexibility index (Phi) is 7.79. The second-order valence-corrected chi connectivity index (χ2v) is 7.41. The lowest BCUT2D eigenvalue weighted by molar-refractivity contribution is -0.150. The molecule has 0 spiro atoms. The molecule has 152 valence electrons. The monoisotopic (exact) mass is 387 g/mol. The minimum Gasteiger partial charge on any atom is -0.465 e. The lowest BCUT2D eigenvalue weighted by Crippen LogP contribution is -2.47. The van der Waals surface area contributed by atoms with Gasteiger partial charge in [-0.3, -0.25) is 4.79 Å². The molecule has 0 aromatic heterocycles. The maximum atomic E-state index is 12.3. The Hall–Kier alpha value is -2.63.